The molecular formula is C18H15NO5. The molecule has 0 radical (unpaired) electrons. The lowest BCUT2D eigenvalue weighted by Crippen LogP contribution is -1.94. The molecule has 0 spiro atoms. The number of oxazole rings is 1. The van der Waals surface area contributed by atoms with Gasteiger partial charge in [0, 0.05) is 11.1 Å². The van der Waals surface area contributed by atoms with Gasteiger partial charge >= 0.3 is 5.97 Å². The van der Waals surface area contributed by atoms with E-state index in [4.69, 9.17) is 19.0 Å². The van der Waals surface area contributed by atoms with E-state index in [0.29, 0.717) is 28.7 Å². The number of hydrogen-bond acceptors (Lipinski definition) is 5. The van der Waals surface area contributed by atoms with Crippen LogP contribution in [0.15, 0.2) is 53.1 Å². The van der Waals surface area contributed by atoms with Gasteiger partial charge in [0.25, 0.3) is 0 Å². The largest absolute Gasteiger partial charge is 0.493 e. The number of rotatable bonds is 5. The number of carbonyl (C=O) groups is 1. The summed E-state index contributed by atoms with van der Waals surface area (Å²) in [5, 5.41) is 8.93. The third-order valence-corrected chi connectivity index (χ3v) is 3.55. The van der Waals surface area contributed by atoms with Crippen molar-refractivity contribution in [1.29, 1.82) is 0 Å². The molecule has 3 aromatic rings. The molecule has 1 aromatic heterocycles. The highest BCUT2D eigenvalue weighted by molar-refractivity contribution is 5.88. The van der Waals surface area contributed by atoms with Crippen LogP contribution < -0.4 is 9.47 Å². The van der Waals surface area contributed by atoms with Crippen molar-refractivity contribution in [3.05, 3.63) is 54.2 Å². The van der Waals surface area contributed by atoms with Crippen LogP contribution in [-0.4, -0.2) is 30.3 Å². The van der Waals surface area contributed by atoms with Gasteiger partial charge < -0.3 is 19.0 Å². The smallest absolute Gasteiger partial charge is 0.335 e. The predicted octanol–water partition coefficient (Wildman–Crippen LogP) is 3.72. The van der Waals surface area contributed by atoms with E-state index in [1.54, 1.807) is 44.7 Å². The van der Waals surface area contributed by atoms with Crippen molar-refractivity contribution in [3.8, 4) is 34.3 Å². The zero-order valence-corrected chi connectivity index (χ0v) is 13.1. The minimum absolute atomic E-state index is 0.213. The van der Waals surface area contributed by atoms with Gasteiger partial charge in [0.2, 0.25) is 5.89 Å². The summed E-state index contributed by atoms with van der Waals surface area (Å²) in [6.45, 7) is 0. The normalized spacial score (nSPS) is 10.4. The van der Waals surface area contributed by atoms with E-state index in [2.05, 4.69) is 4.98 Å². The third-order valence-electron chi connectivity index (χ3n) is 3.55. The van der Waals surface area contributed by atoms with Crippen LogP contribution in [0.4, 0.5) is 0 Å². The molecule has 0 bridgehead atoms. The molecule has 0 saturated carbocycles. The first-order valence-corrected chi connectivity index (χ1v) is 7.14. The molecule has 0 amide bonds. The molecule has 0 saturated heterocycles. The number of benzene rings is 2. The minimum atomic E-state index is -0.972. The van der Waals surface area contributed by atoms with Crippen LogP contribution in [0.3, 0.4) is 0 Å². The van der Waals surface area contributed by atoms with Gasteiger partial charge in [-0.25, -0.2) is 9.78 Å². The Bertz CT molecular complexity index is 867. The van der Waals surface area contributed by atoms with Gasteiger partial charge in [0.1, 0.15) is 0 Å². The lowest BCUT2D eigenvalue weighted by atomic mass is 10.1. The molecule has 0 fully saturated rings. The average Bonchev–Trinajstić information content (AvgIpc) is 3.11. The topological polar surface area (TPSA) is 81.8 Å². The van der Waals surface area contributed by atoms with Crippen molar-refractivity contribution in [1.82, 2.24) is 4.98 Å². The summed E-state index contributed by atoms with van der Waals surface area (Å²) in [7, 11) is 3.14. The number of ether oxygens (including phenoxy) is 2. The Balaban J connectivity index is 1.91. The molecule has 0 aliphatic carbocycles. The molecule has 3 rings (SSSR count). The van der Waals surface area contributed by atoms with Crippen molar-refractivity contribution < 1.29 is 23.8 Å². The van der Waals surface area contributed by atoms with E-state index in [0.717, 1.165) is 5.56 Å². The zero-order chi connectivity index (χ0) is 17.1. The first-order valence-electron chi connectivity index (χ1n) is 7.14. The molecule has 1 heterocycles. The Morgan fingerprint density at radius 1 is 1.00 bits per heavy atom. The highest BCUT2D eigenvalue weighted by atomic mass is 16.5. The summed E-state index contributed by atoms with van der Waals surface area (Å²) < 4.78 is 16.3. The van der Waals surface area contributed by atoms with Crippen LogP contribution in [0.2, 0.25) is 0 Å². The fourth-order valence-electron chi connectivity index (χ4n) is 2.29. The summed E-state index contributed by atoms with van der Waals surface area (Å²) in [4.78, 5) is 15.1. The van der Waals surface area contributed by atoms with Crippen molar-refractivity contribution >= 4 is 5.97 Å². The molecule has 1 N–H and O–H groups in total. The Morgan fingerprint density at radius 2 is 1.67 bits per heavy atom. The Labute approximate surface area is 138 Å². The fourth-order valence-corrected chi connectivity index (χ4v) is 2.29. The van der Waals surface area contributed by atoms with Gasteiger partial charge in [-0.3, -0.25) is 0 Å². The Hall–Kier alpha value is -3.28. The summed E-state index contributed by atoms with van der Waals surface area (Å²) in [6, 6.07) is 11.8. The van der Waals surface area contributed by atoms with Gasteiger partial charge in [-0.2, -0.15) is 0 Å². The second-order valence-electron chi connectivity index (χ2n) is 4.98. The van der Waals surface area contributed by atoms with E-state index in [9.17, 15) is 4.79 Å². The SMILES string of the molecule is COc1ccc(-c2cnc(-c3ccc(C(=O)O)cc3)o2)cc1OC. The molecule has 122 valence electrons. The van der Waals surface area contributed by atoms with Crippen molar-refractivity contribution in [2.75, 3.05) is 14.2 Å². The number of hydrogen-bond donors (Lipinski definition) is 1. The summed E-state index contributed by atoms with van der Waals surface area (Å²) in [6.07, 6.45) is 1.61. The van der Waals surface area contributed by atoms with Gasteiger partial charge in [0.15, 0.2) is 17.3 Å². The molecule has 0 aliphatic heterocycles. The van der Waals surface area contributed by atoms with E-state index in [-0.39, 0.29) is 5.56 Å². The third kappa shape index (κ3) is 2.94. The van der Waals surface area contributed by atoms with E-state index >= 15 is 0 Å². The molecule has 2 aromatic carbocycles. The summed E-state index contributed by atoms with van der Waals surface area (Å²) in [5.41, 5.74) is 1.71. The molecule has 6 nitrogen and oxygen atoms in total. The first-order chi connectivity index (χ1) is 11.6. The number of nitrogens with zero attached hydrogens (tertiary/aromatic N) is 1. The highest BCUT2D eigenvalue weighted by Crippen LogP contribution is 2.33. The monoisotopic (exact) mass is 325 g/mol. The standard InChI is InChI=1S/C18H15NO5/c1-22-14-8-7-13(9-15(14)23-2)16-10-19-17(24-16)11-3-5-12(6-4-11)18(20)21/h3-10H,1-2H3,(H,20,21). The van der Waals surface area contributed by atoms with E-state index < -0.39 is 5.97 Å². The summed E-state index contributed by atoms with van der Waals surface area (Å²) >= 11 is 0. The predicted molar refractivity (Wildman–Crippen MR) is 87.4 cm³/mol. The zero-order valence-electron chi connectivity index (χ0n) is 13.1. The quantitative estimate of drug-likeness (QED) is 0.770. The molecule has 0 unspecified atom stereocenters. The van der Waals surface area contributed by atoms with Crippen LogP contribution in [0.1, 0.15) is 10.4 Å². The first kappa shape index (κ1) is 15.6. The van der Waals surface area contributed by atoms with E-state index in [1.165, 1.54) is 12.1 Å². The second-order valence-corrected chi connectivity index (χ2v) is 4.98. The Morgan fingerprint density at radius 3 is 2.29 bits per heavy atom. The average molecular weight is 325 g/mol. The number of aromatic nitrogens is 1. The maximum atomic E-state index is 10.9. The maximum absolute atomic E-state index is 10.9. The van der Waals surface area contributed by atoms with Crippen LogP contribution in [-0.2, 0) is 0 Å². The lowest BCUT2D eigenvalue weighted by molar-refractivity contribution is 0.0697. The van der Waals surface area contributed by atoms with Crippen LogP contribution in [0, 0.1) is 0 Å². The van der Waals surface area contributed by atoms with Crippen molar-refractivity contribution in [3.63, 3.8) is 0 Å². The van der Waals surface area contributed by atoms with Crippen LogP contribution in [0.25, 0.3) is 22.8 Å². The molecule has 6 heteroatoms. The van der Waals surface area contributed by atoms with Crippen molar-refractivity contribution in [2.24, 2.45) is 0 Å². The summed E-state index contributed by atoms with van der Waals surface area (Å²) in [5.74, 6) is 1.24. The van der Waals surface area contributed by atoms with Gasteiger partial charge in [0.05, 0.1) is 26.0 Å². The molecule has 24 heavy (non-hydrogen) atoms. The highest BCUT2D eigenvalue weighted by Gasteiger charge is 2.12. The fraction of sp³-hybridized carbons (Fsp3) is 0.111. The number of methoxy groups -OCH3 is 2. The van der Waals surface area contributed by atoms with Gasteiger partial charge in [-0.15, -0.1) is 0 Å². The number of aromatic carboxylic acids is 1. The van der Waals surface area contributed by atoms with Crippen molar-refractivity contribution in [2.45, 2.75) is 0 Å². The van der Waals surface area contributed by atoms with E-state index in [1.807, 2.05) is 6.07 Å². The number of carboxylic acids is 1. The van der Waals surface area contributed by atoms with Crippen LogP contribution >= 0.6 is 0 Å². The van der Waals surface area contributed by atoms with Gasteiger partial charge in [-0.1, -0.05) is 0 Å². The second kappa shape index (κ2) is 6.45. The molecule has 0 atom stereocenters. The van der Waals surface area contributed by atoms with Gasteiger partial charge in [-0.05, 0) is 42.5 Å². The molecular weight excluding hydrogens is 310 g/mol. The lowest BCUT2D eigenvalue weighted by Gasteiger charge is -2.08. The minimum Gasteiger partial charge on any atom is -0.493 e. The Kier molecular flexibility index (Phi) is 4.20. The molecule has 0 aliphatic rings. The number of carboxylic acid groups (broad SMARTS) is 1. The van der Waals surface area contributed by atoms with Crippen LogP contribution in [0.5, 0.6) is 11.5 Å². The maximum Gasteiger partial charge on any atom is 0.335 e.